The molecule has 110 valence electrons. The highest BCUT2D eigenvalue weighted by atomic mass is 79.9. The zero-order valence-electron chi connectivity index (χ0n) is 11.1. The van der Waals surface area contributed by atoms with Crippen LogP contribution in [0.15, 0.2) is 45.3 Å². The largest absolute Gasteiger partial charge is 0.495 e. The van der Waals surface area contributed by atoms with Gasteiger partial charge in [0.15, 0.2) is 0 Å². The van der Waals surface area contributed by atoms with Crippen LogP contribution in [0.25, 0.3) is 0 Å². The van der Waals surface area contributed by atoms with E-state index < -0.39 is 4.92 Å². The van der Waals surface area contributed by atoms with Gasteiger partial charge in [-0.3, -0.25) is 10.1 Å². The van der Waals surface area contributed by atoms with Crippen molar-refractivity contribution in [3.05, 3.63) is 61.0 Å². The third-order valence-electron chi connectivity index (χ3n) is 2.86. The maximum atomic E-state index is 10.8. The molecule has 0 amide bonds. The highest BCUT2D eigenvalue weighted by Crippen LogP contribution is 2.30. The van der Waals surface area contributed by atoms with Gasteiger partial charge in [-0.1, -0.05) is 6.07 Å². The monoisotopic (exact) mass is 414 g/mol. The van der Waals surface area contributed by atoms with E-state index in [0.717, 1.165) is 14.5 Å². The van der Waals surface area contributed by atoms with E-state index in [4.69, 9.17) is 4.74 Å². The number of ether oxygens (including phenoxy) is 1. The Morgan fingerprint density at radius 2 is 1.95 bits per heavy atom. The summed E-state index contributed by atoms with van der Waals surface area (Å²) >= 11 is 6.85. The molecule has 7 heteroatoms. The zero-order valence-corrected chi connectivity index (χ0v) is 14.3. The van der Waals surface area contributed by atoms with Crippen molar-refractivity contribution in [2.75, 3.05) is 12.4 Å². The van der Waals surface area contributed by atoms with Crippen molar-refractivity contribution in [3.63, 3.8) is 0 Å². The number of non-ortho nitro benzene ring substituents is 1. The van der Waals surface area contributed by atoms with Crippen LogP contribution in [0.5, 0.6) is 5.75 Å². The number of nitrogens with zero attached hydrogens (tertiary/aromatic N) is 1. The van der Waals surface area contributed by atoms with Crippen molar-refractivity contribution >= 4 is 43.2 Å². The van der Waals surface area contributed by atoms with Crippen molar-refractivity contribution in [2.24, 2.45) is 0 Å². The Morgan fingerprint density at radius 1 is 1.19 bits per heavy atom. The predicted molar refractivity (Wildman–Crippen MR) is 88.8 cm³/mol. The zero-order chi connectivity index (χ0) is 15.4. The lowest BCUT2D eigenvalue weighted by Gasteiger charge is -2.11. The van der Waals surface area contributed by atoms with Crippen LogP contribution in [0.1, 0.15) is 5.56 Å². The summed E-state index contributed by atoms with van der Waals surface area (Å²) in [4.78, 5) is 10.4. The number of hydrogen-bond donors (Lipinski definition) is 1. The predicted octanol–water partition coefficient (Wildman–Crippen LogP) is 4.74. The summed E-state index contributed by atoms with van der Waals surface area (Å²) < 4.78 is 7.13. The van der Waals surface area contributed by atoms with Gasteiger partial charge in [0, 0.05) is 27.6 Å². The molecule has 0 atom stereocenters. The Morgan fingerprint density at radius 3 is 2.57 bits per heavy atom. The standard InChI is InChI=1S/C14H12Br2N2O3/c1-21-14-5-3-10(18(19)20)7-13(14)17-8-9-2-4-11(15)12(16)6-9/h2-7,17H,8H2,1H3. The highest BCUT2D eigenvalue weighted by molar-refractivity contribution is 9.13. The van der Waals surface area contributed by atoms with Crippen molar-refractivity contribution < 1.29 is 9.66 Å². The average Bonchev–Trinajstić information content (AvgIpc) is 2.48. The van der Waals surface area contributed by atoms with Gasteiger partial charge in [-0.25, -0.2) is 0 Å². The van der Waals surface area contributed by atoms with Crippen molar-refractivity contribution in [2.45, 2.75) is 6.54 Å². The SMILES string of the molecule is COc1ccc([N+](=O)[O-])cc1NCc1ccc(Br)c(Br)c1. The summed E-state index contributed by atoms with van der Waals surface area (Å²) in [5, 5.41) is 14.0. The van der Waals surface area contributed by atoms with Gasteiger partial charge in [0.2, 0.25) is 0 Å². The van der Waals surface area contributed by atoms with Gasteiger partial charge in [0.05, 0.1) is 17.7 Å². The third kappa shape index (κ3) is 3.95. The van der Waals surface area contributed by atoms with E-state index in [-0.39, 0.29) is 5.69 Å². The second-order valence-electron chi connectivity index (χ2n) is 4.24. The fourth-order valence-corrected chi connectivity index (χ4v) is 2.47. The second-order valence-corrected chi connectivity index (χ2v) is 5.95. The summed E-state index contributed by atoms with van der Waals surface area (Å²) in [6.45, 7) is 0.531. The van der Waals surface area contributed by atoms with E-state index in [1.807, 2.05) is 18.2 Å². The van der Waals surface area contributed by atoms with Crippen LogP contribution in [0.3, 0.4) is 0 Å². The molecule has 0 radical (unpaired) electrons. The summed E-state index contributed by atoms with van der Waals surface area (Å²) in [7, 11) is 1.53. The number of methoxy groups -OCH3 is 1. The number of halogens is 2. The van der Waals surface area contributed by atoms with Crippen LogP contribution in [0, 0.1) is 10.1 Å². The van der Waals surface area contributed by atoms with Crippen molar-refractivity contribution in [3.8, 4) is 5.75 Å². The van der Waals surface area contributed by atoms with E-state index >= 15 is 0 Å². The van der Waals surface area contributed by atoms with Gasteiger partial charge in [-0.05, 0) is 55.6 Å². The Balaban J connectivity index is 2.19. The normalized spacial score (nSPS) is 10.2. The molecule has 0 aromatic heterocycles. The minimum atomic E-state index is -0.430. The Kier molecular flexibility index (Phi) is 5.19. The molecule has 2 aromatic carbocycles. The molecular weight excluding hydrogens is 404 g/mol. The lowest BCUT2D eigenvalue weighted by molar-refractivity contribution is -0.384. The van der Waals surface area contributed by atoms with Crippen LogP contribution < -0.4 is 10.1 Å². The summed E-state index contributed by atoms with van der Waals surface area (Å²) in [6.07, 6.45) is 0. The van der Waals surface area contributed by atoms with Crippen LogP contribution in [-0.4, -0.2) is 12.0 Å². The molecule has 0 saturated heterocycles. The first-order valence-corrected chi connectivity index (χ1v) is 7.60. The number of hydrogen-bond acceptors (Lipinski definition) is 4. The lowest BCUT2D eigenvalue weighted by Crippen LogP contribution is -2.02. The van der Waals surface area contributed by atoms with Crippen LogP contribution in [0.2, 0.25) is 0 Å². The summed E-state index contributed by atoms with van der Waals surface area (Å²) in [6, 6.07) is 10.3. The fraction of sp³-hybridized carbons (Fsp3) is 0.143. The van der Waals surface area contributed by atoms with Gasteiger partial charge in [0.1, 0.15) is 5.75 Å². The Labute approximate surface area is 138 Å². The van der Waals surface area contributed by atoms with Crippen LogP contribution >= 0.6 is 31.9 Å². The Bertz CT molecular complexity index is 677. The number of nitro benzene ring substituents is 1. The van der Waals surface area contributed by atoms with Crippen LogP contribution in [-0.2, 0) is 6.54 Å². The fourth-order valence-electron chi connectivity index (χ4n) is 1.79. The molecule has 0 unspecified atom stereocenters. The molecule has 0 heterocycles. The Hall–Kier alpha value is -1.60. The molecule has 0 bridgehead atoms. The van der Waals surface area contributed by atoms with E-state index in [1.165, 1.54) is 19.2 Å². The topological polar surface area (TPSA) is 64.4 Å². The van der Waals surface area contributed by atoms with E-state index in [2.05, 4.69) is 37.2 Å². The average molecular weight is 416 g/mol. The van der Waals surface area contributed by atoms with E-state index in [0.29, 0.717) is 18.0 Å². The van der Waals surface area contributed by atoms with Crippen LogP contribution in [0.4, 0.5) is 11.4 Å². The van der Waals surface area contributed by atoms with Gasteiger partial charge in [-0.2, -0.15) is 0 Å². The number of nitrogens with one attached hydrogen (secondary N) is 1. The number of nitro groups is 1. The molecule has 21 heavy (non-hydrogen) atoms. The second kappa shape index (κ2) is 6.91. The van der Waals surface area contributed by atoms with E-state index in [1.54, 1.807) is 6.07 Å². The number of benzene rings is 2. The smallest absolute Gasteiger partial charge is 0.271 e. The molecule has 0 saturated carbocycles. The first kappa shape index (κ1) is 15.8. The molecule has 0 aliphatic heterocycles. The highest BCUT2D eigenvalue weighted by Gasteiger charge is 2.11. The van der Waals surface area contributed by atoms with Crippen molar-refractivity contribution in [1.82, 2.24) is 0 Å². The minimum absolute atomic E-state index is 0.0234. The number of rotatable bonds is 5. The maximum absolute atomic E-state index is 10.8. The molecule has 5 nitrogen and oxygen atoms in total. The molecule has 0 fully saturated rings. The summed E-state index contributed by atoms with van der Waals surface area (Å²) in [5.41, 5.74) is 1.65. The molecule has 0 aliphatic rings. The van der Waals surface area contributed by atoms with Crippen molar-refractivity contribution in [1.29, 1.82) is 0 Å². The molecule has 2 rings (SSSR count). The van der Waals surface area contributed by atoms with Gasteiger partial charge in [0.25, 0.3) is 5.69 Å². The third-order valence-corrected chi connectivity index (χ3v) is 4.74. The molecule has 0 aliphatic carbocycles. The van der Waals surface area contributed by atoms with Gasteiger partial charge < -0.3 is 10.1 Å². The quantitative estimate of drug-likeness (QED) is 0.565. The summed E-state index contributed by atoms with van der Waals surface area (Å²) in [5.74, 6) is 0.566. The maximum Gasteiger partial charge on any atom is 0.271 e. The van der Waals surface area contributed by atoms with Gasteiger partial charge in [-0.15, -0.1) is 0 Å². The minimum Gasteiger partial charge on any atom is -0.495 e. The molecule has 1 N–H and O–H groups in total. The molecule has 2 aromatic rings. The van der Waals surface area contributed by atoms with Gasteiger partial charge >= 0.3 is 0 Å². The first-order chi connectivity index (χ1) is 10.0. The van der Waals surface area contributed by atoms with E-state index in [9.17, 15) is 10.1 Å². The lowest BCUT2D eigenvalue weighted by atomic mass is 10.2. The first-order valence-electron chi connectivity index (χ1n) is 6.01. The molecular formula is C14H12Br2N2O3. The molecule has 0 spiro atoms. The number of anilines is 1.